The van der Waals surface area contributed by atoms with Crippen molar-refractivity contribution in [2.24, 2.45) is 0 Å². The molecule has 0 aliphatic carbocycles. The van der Waals surface area contributed by atoms with Gasteiger partial charge in [-0.2, -0.15) is 0 Å². The van der Waals surface area contributed by atoms with Crippen LogP contribution in [0.5, 0.6) is 0 Å². The van der Waals surface area contributed by atoms with Gasteiger partial charge in [0, 0.05) is 18.5 Å². The highest BCUT2D eigenvalue weighted by Crippen LogP contribution is 2.25. The second kappa shape index (κ2) is 7.48. The summed E-state index contributed by atoms with van der Waals surface area (Å²) in [6, 6.07) is 11.0. The monoisotopic (exact) mass is 333 g/mol. The largest absolute Gasteiger partial charge is 0.383 e. The van der Waals surface area contributed by atoms with Crippen LogP contribution in [0.4, 0.5) is 16.2 Å². The van der Waals surface area contributed by atoms with Crippen molar-refractivity contribution in [2.45, 2.75) is 19.4 Å². The summed E-state index contributed by atoms with van der Waals surface area (Å²) in [6.45, 7) is 4.73. The number of anilines is 2. The van der Waals surface area contributed by atoms with E-state index < -0.39 is 5.60 Å². The summed E-state index contributed by atoms with van der Waals surface area (Å²) < 4.78 is 0. The topological polar surface area (TPSA) is 64.6 Å². The van der Waals surface area contributed by atoms with E-state index >= 15 is 0 Å². The zero-order valence-corrected chi connectivity index (χ0v) is 14.5. The Morgan fingerprint density at radius 3 is 2.70 bits per heavy atom. The number of para-hydroxylation sites is 2. The lowest BCUT2D eigenvalue weighted by atomic mass is 10.1. The van der Waals surface area contributed by atoms with E-state index in [1.807, 2.05) is 48.8 Å². The van der Waals surface area contributed by atoms with Crippen molar-refractivity contribution in [3.8, 4) is 0 Å². The van der Waals surface area contributed by atoms with Gasteiger partial charge in [-0.25, -0.2) is 4.79 Å². The van der Waals surface area contributed by atoms with Gasteiger partial charge in [0.05, 0.1) is 17.9 Å². The number of carbonyl (C=O) groups excluding carboxylic acids is 1. The van der Waals surface area contributed by atoms with E-state index in [0.717, 1.165) is 22.8 Å². The van der Waals surface area contributed by atoms with E-state index in [4.69, 9.17) is 0 Å². The van der Waals surface area contributed by atoms with Crippen LogP contribution >= 0.6 is 11.3 Å². The number of carbonyl (C=O) groups is 1. The van der Waals surface area contributed by atoms with Gasteiger partial charge in [-0.3, -0.25) is 0 Å². The molecule has 3 N–H and O–H groups in total. The van der Waals surface area contributed by atoms with Crippen LogP contribution in [0.3, 0.4) is 0 Å². The van der Waals surface area contributed by atoms with Crippen molar-refractivity contribution in [2.75, 3.05) is 30.4 Å². The number of thiophene rings is 1. The van der Waals surface area contributed by atoms with E-state index in [9.17, 15) is 9.90 Å². The molecule has 0 radical (unpaired) electrons. The molecule has 5 nitrogen and oxygen atoms in total. The average molecular weight is 333 g/mol. The summed E-state index contributed by atoms with van der Waals surface area (Å²) in [6.07, 6.45) is 0. The first-order chi connectivity index (χ1) is 10.9. The molecule has 6 heteroatoms. The number of nitrogens with zero attached hydrogens (tertiary/aromatic N) is 1. The lowest BCUT2D eigenvalue weighted by Crippen LogP contribution is -2.40. The van der Waals surface area contributed by atoms with Crippen molar-refractivity contribution in [3.05, 3.63) is 46.7 Å². The highest BCUT2D eigenvalue weighted by molar-refractivity contribution is 7.10. The van der Waals surface area contributed by atoms with Crippen LogP contribution in [0.2, 0.25) is 0 Å². The van der Waals surface area contributed by atoms with E-state index in [1.54, 1.807) is 6.92 Å². The summed E-state index contributed by atoms with van der Waals surface area (Å²) in [4.78, 5) is 15.0. The van der Waals surface area contributed by atoms with Crippen molar-refractivity contribution < 1.29 is 9.90 Å². The van der Waals surface area contributed by atoms with Gasteiger partial charge in [0.15, 0.2) is 0 Å². The Morgan fingerprint density at radius 2 is 2.04 bits per heavy atom. The van der Waals surface area contributed by atoms with E-state index in [1.165, 1.54) is 11.3 Å². The van der Waals surface area contributed by atoms with Crippen LogP contribution in [-0.4, -0.2) is 31.3 Å². The summed E-state index contributed by atoms with van der Waals surface area (Å²) in [5.41, 5.74) is 0.617. The minimum Gasteiger partial charge on any atom is -0.383 e. The number of benzene rings is 1. The molecule has 1 atom stereocenters. The Morgan fingerprint density at radius 1 is 1.30 bits per heavy atom. The maximum atomic E-state index is 12.1. The summed E-state index contributed by atoms with van der Waals surface area (Å²) in [5, 5.41) is 17.9. The Bertz CT molecular complexity index is 641. The molecule has 23 heavy (non-hydrogen) atoms. The fourth-order valence-electron chi connectivity index (χ4n) is 2.17. The Labute approximate surface area is 140 Å². The van der Waals surface area contributed by atoms with Crippen LogP contribution in [0.1, 0.15) is 18.7 Å². The van der Waals surface area contributed by atoms with Gasteiger partial charge in [0.25, 0.3) is 0 Å². The molecule has 2 rings (SSSR count). The van der Waals surface area contributed by atoms with Gasteiger partial charge < -0.3 is 20.6 Å². The standard InChI is InChI=1S/C17H23N3O2S/c1-4-20(3)14-9-6-5-8-13(14)19-16(21)18-12-17(2,22)15-10-7-11-23-15/h5-11,22H,4,12H2,1-3H3,(H2,18,19,21)/t17-/m0/s1. The minimum absolute atomic E-state index is 0.144. The van der Waals surface area contributed by atoms with Crippen LogP contribution in [0, 0.1) is 0 Å². The predicted molar refractivity (Wildman–Crippen MR) is 96.3 cm³/mol. The van der Waals surface area contributed by atoms with Crippen molar-refractivity contribution in [3.63, 3.8) is 0 Å². The first kappa shape index (κ1) is 17.3. The molecule has 0 saturated heterocycles. The third-order valence-electron chi connectivity index (χ3n) is 3.68. The number of amides is 2. The summed E-state index contributed by atoms with van der Waals surface area (Å²) >= 11 is 1.47. The fraction of sp³-hybridized carbons (Fsp3) is 0.353. The van der Waals surface area contributed by atoms with Gasteiger partial charge in [0.2, 0.25) is 0 Å². The smallest absolute Gasteiger partial charge is 0.319 e. The molecule has 0 aliphatic rings. The molecule has 0 saturated carbocycles. The lowest BCUT2D eigenvalue weighted by Gasteiger charge is -2.24. The second-order valence-electron chi connectivity index (χ2n) is 5.59. The maximum absolute atomic E-state index is 12.1. The molecule has 1 aromatic carbocycles. The molecule has 2 aromatic rings. The van der Waals surface area contributed by atoms with Gasteiger partial charge in [-0.15, -0.1) is 11.3 Å². The average Bonchev–Trinajstić information content (AvgIpc) is 3.08. The number of nitrogens with one attached hydrogen (secondary N) is 2. The summed E-state index contributed by atoms with van der Waals surface area (Å²) in [5.74, 6) is 0. The SMILES string of the molecule is CCN(C)c1ccccc1NC(=O)NC[C@](C)(O)c1cccs1. The molecule has 0 unspecified atom stereocenters. The first-order valence-corrected chi connectivity index (χ1v) is 8.43. The Kier molecular flexibility index (Phi) is 5.63. The van der Waals surface area contributed by atoms with Crippen molar-refractivity contribution in [1.29, 1.82) is 0 Å². The molecule has 0 fully saturated rings. The van der Waals surface area contributed by atoms with Gasteiger partial charge >= 0.3 is 6.03 Å². The fourth-order valence-corrected chi connectivity index (χ4v) is 2.96. The minimum atomic E-state index is -1.08. The molecule has 1 heterocycles. The predicted octanol–water partition coefficient (Wildman–Crippen LogP) is 3.23. The third kappa shape index (κ3) is 4.46. The van der Waals surface area contributed by atoms with E-state index in [-0.39, 0.29) is 12.6 Å². The number of hydrogen-bond acceptors (Lipinski definition) is 4. The van der Waals surface area contributed by atoms with Gasteiger partial charge in [0.1, 0.15) is 5.60 Å². The van der Waals surface area contributed by atoms with Gasteiger partial charge in [-0.1, -0.05) is 18.2 Å². The molecule has 0 spiro atoms. The Hall–Kier alpha value is -2.05. The highest BCUT2D eigenvalue weighted by atomic mass is 32.1. The molecule has 0 bridgehead atoms. The van der Waals surface area contributed by atoms with Crippen LogP contribution in [0.15, 0.2) is 41.8 Å². The number of rotatable bonds is 6. The molecule has 124 valence electrons. The molecular formula is C17H23N3O2S. The normalized spacial score (nSPS) is 13.2. The molecule has 2 amide bonds. The van der Waals surface area contributed by atoms with Crippen LogP contribution < -0.4 is 15.5 Å². The van der Waals surface area contributed by atoms with E-state index in [0.29, 0.717) is 0 Å². The summed E-state index contributed by atoms with van der Waals surface area (Å²) in [7, 11) is 1.97. The zero-order chi connectivity index (χ0) is 16.9. The lowest BCUT2D eigenvalue weighted by molar-refractivity contribution is 0.0637. The van der Waals surface area contributed by atoms with Crippen LogP contribution in [0.25, 0.3) is 0 Å². The quantitative estimate of drug-likeness (QED) is 0.760. The van der Waals surface area contributed by atoms with Crippen molar-refractivity contribution >= 4 is 28.7 Å². The highest BCUT2D eigenvalue weighted by Gasteiger charge is 2.25. The number of hydrogen-bond donors (Lipinski definition) is 3. The first-order valence-electron chi connectivity index (χ1n) is 7.55. The van der Waals surface area contributed by atoms with Crippen molar-refractivity contribution in [1.82, 2.24) is 5.32 Å². The third-order valence-corrected chi connectivity index (χ3v) is 4.81. The number of urea groups is 1. The maximum Gasteiger partial charge on any atom is 0.319 e. The second-order valence-corrected chi connectivity index (χ2v) is 6.54. The Balaban J connectivity index is 1.98. The molecule has 1 aromatic heterocycles. The number of aliphatic hydroxyl groups is 1. The van der Waals surface area contributed by atoms with E-state index in [2.05, 4.69) is 22.5 Å². The zero-order valence-electron chi connectivity index (χ0n) is 13.7. The molecular weight excluding hydrogens is 310 g/mol. The van der Waals surface area contributed by atoms with Gasteiger partial charge in [-0.05, 0) is 37.4 Å². The van der Waals surface area contributed by atoms with Crippen LogP contribution in [-0.2, 0) is 5.60 Å². The molecule has 0 aliphatic heterocycles.